The van der Waals surface area contributed by atoms with E-state index in [0.29, 0.717) is 17.6 Å². The Balaban J connectivity index is 4.43. The van der Waals surface area contributed by atoms with Crippen molar-refractivity contribution in [1.29, 1.82) is 0 Å². The molecule has 0 saturated carbocycles. The predicted octanol–water partition coefficient (Wildman–Crippen LogP) is 2.05. The Morgan fingerprint density at radius 3 is 2.11 bits per heavy atom. The van der Waals surface area contributed by atoms with Gasteiger partial charge in [0.05, 0.1) is 0 Å². The molecule has 0 aromatic carbocycles. The first-order valence-electron chi connectivity index (χ1n) is 6.36. The van der Waals surface area contributed by atoms with Gasteiger partial charge in [0.15, 0.2) is 0 Å². The molecule has 0 radical (unpaired) electrons. The lowest BCUT2D eigenvalue weighted by molar-refractivity contribution is -0.116. The van der Waals surface area contributed by atoms with Gasteiger partial charge in [-0.15, -0.1) is 0 Å². The van der Waals surface area contributed by atoms with Gasteiger partial charge in [0.25, 0.3) is 0 Å². The van der Waals surface area contributed by atoms with Crippen LogP contribution >= 0.6 is 0 Å². The average molecular weight is 252 g/mol. The molecule has 0 rings (SSSR count). The third kappa shape index (κ3) is 6.23. The Morgan fingerprint density at radius 2 is 1.67 bits per heavy atom. The maximum absolute atomic E-state index is 11.2. The van der Waals surface area contributed by atoms with Gasteiger partial charge in [0.1, 0.15) is 0 Å². The Kier molecular flexibility index (Phi) is 7.76. The minimum absolute atomic E-state index is 0.126. The minimum atomic E-state index is -0.536. The molecule has 0 aromatic heterocycles. The zero-order valence-electron chi connectivity index (χ0n) is 11.2. The Bertz CT molecular complexity index is 335. The Morgan fingerprint density at radius 1 is 1.06 bits per heavy atom. The highest BCUT2D eigenvalue weighted by Crippen LogP contribution is 2.24. The molecular formula is C14H24N2O2. The fourth-order valence-electron chi connectivity index (χ4n) is 1.82. The van der Waals surface area contributed by atoms with E-state index >= 15 is 0 Å². The van der Waals surface area contributed by atoms with Crippen molar-refractivity contribution in [3.63, 3.8) is 0 Å². The summed E-state index contributed by atoms with van der Waals surface area (Å²) in [6.07, 6.45) is 5.54. The second kappa shape index (κ2) is 8.50. The topological polar surface area (TPSA) is 86.2 Å². The van der Waals surface area contributed by atoms with Crippen molar-refractivity contribution >= 4 is 11.8 Å². The summed E-state index contributed by atoms with van der Waals surface area (Å²) in [6.45, 7) is 9.44. The molecule has 0 spiro atoms. The minimum Gasteiger partial charge on any atom is -0.366 e. The molecule has 0 heterocycles. The van der Waals surface area contributed by atoms with Crippen LogP contribution in [0.25, 0.3) is 0 Å². The summed E-state index contributed by atoms with van der Waals surface area (Å²) in [5, 5.41) is 0. The average Bonchev–Trinajstić information content (AvgIpc) is 2.31. The Hall–Kier alpha value is -1.58. The van der Waals surface area contributed by atoms with Crippen molar-refractivity contribution in [1.82, 2.24) is 0 Å². The molecule has 1 atom stereocenters. The van der Waals surface area contributed by atoms with E-state index in [4.69, 9.17) is 11.5 Å². The number of unbranched alkanes of at least 4 members (excludes halogenated alkanes) is 3. The molecule has 4 heteroatoms. The van der Waals surface area contributed by atoms with Crippen molar-refractivity contribution in [3.05, 3.63) is 24.3 Å². The van der Waals surface area contributed by atoms with E-state index in [1.807, 2.05) is 0 Å². The number of carbonyl (C=O) groups is 2. The monoisotopic (exact) mass is 252 g/mol. The highest BCUT2D eigenvalue weighted by molar-refractivity contribution is 5.93. The molecule has 102 valence electrons. The van der Waals surface area contributed by atoms with Crippen molar-refractivity contribution < 1.29 is 9.59 Å². The predicted molar refractivity (Wildman–Crippen MR) is 73.5 cm³/mol. The van der Waals surface area contributed by atoms with Gasteiger partial charge in [-0.2, -0.15) is 0 Å². The first-order chi connectivity index (χ1) is 8.40. The van der Waals surface area contributed by atoms with E-state index in [0.717, 1.165) is 32.1 Å². The van der Waals surface area contributed by atoms with Gasteiger partial charge in [-0.25, -0.2) is 0 Å². The highest BCUT2D eigenvalue weighted by atomic mass is 16.1. The van der Waals surface area contributed by atoms with Gasteiger partial charge in [0.2, 0.25) is 11.8 Å². The maximum atomic E-state index is 11.2. The van der Waals surface area contributed by atoms with Gasteiger partial charge in [-0.05, 0) is 18.8 Å². The molecule has 0 aliphatic rings. The van der Waals surface area contributed by atoms with Crippen molar-refractivity contribution in [2.45, 2.75) is 45.4 Å². The number of rotatable bonds is 10. The summed E-state index contributed by atoms with van der Waals surface area (Å²) < 4.78 is 0. The number of nitrogens with two attached hydrogens (primary N) is 2. The van der Waals surface area contributed by atoms with Gasteiger partial charge >= 0.3 is 0 Å². The van der Waals surface area contributed by atoms with Crippen LogP contribution < -0.4 is 11.5 Å². The van der Waals surface area contributed by atoms with E-state index in [9.17, 15) is 9.59 Å². The molecule has 2 amide bonds. The van der Waals surface area contributed by atoms with Crippen LogP contribution in [0.2, 0.25) is 0 Å². The molecule has 0 aliphatic carbocycles. The lowest BCUT2D eigenvalue weighted by Crippen LogP contribution is -2.23. The molecule has 0 fully saturated rings. The van der Waals surface area contributed by atoms with Crippen LogP contribution in [0.5, 0.6) is 0 Å². The molecule has 0 bridgehead atoms. The van der Waals surface area contributed by atoms with E-state index in [2.05, 4.69) is 20.1 Å². The summed E-state index contributed by atoms with van der Waals surface area (Å²) in [7, 11) is 0. The number of primary amides is 2. The summed E-state index contributed by atoms with van der Waals surface area (Å²) in [4.78, 5) is 22.1. The second-order valence-electron chi connectivity index (χ2n) is 4.61. The zero-order chi connectivity index (χ0) is 14.1. The number of hydrogen-bond donors (Lipinski definition) is 2. The van der Waals surface area contributed by atoms with Crippen molar-refractivity contribution in [2.75, 3.05) is 0 Å². The standard InChI is InChI=1S/C14H24N2O2/c1-4-5-6-7-8-12(11(3)14(16)18)9-10(2)13(15)17/h12H,2-9H2,1H3,(H2,15,17)(H2,16,18). The largest absolute Gasteiger partial charge is 0.366 e. The first kappa shape index (κ1) is 16.4. The summed E-state index contributed by atoms with van der Waals surface area (Å²) in [5.74, 6) is -1.18. The molecule has 4 N–H and O–H groups in total. The van der Waals surface area contributed by atoms with Gasteiger partial charge in [-0.1, -0.05) is 45.8 Å². The van der Waals surface area contributed by atoms with E-state index < -0.39 is 11.8 Å². The van der Waals surface area contributed by atoms with Crippen LogP contribution in [0.3, 0.4) is 0 Å². The molecule has 18 heavy (non-hydrogen) atoms. The van der Waals surface area contributed by atoms with Gasteiger partial charge in [-0.3, -0.25) is 9.59 Å². The molecule has 4 nitrogen and oxygen atoms in total. The quantitative estimate of drug-likeness (QED) is 0.460. The summed E-state index contributed by atoms with van der Waals surface area (Å²) in [6, 6.07) is 0. The maximum Gasteiger partial charge on any atom is 0.244 e. The summed E-state index contributed by atoms with van der Waals surface area (Å²) in [5.41, 5.74) is 11.1. The first-order valence-corrected chi connectivity index (χ1v) is 6.36. The fraction of sp³-hybridized carbons (Fsp3) is 0.571. The number of amides is 2. The van der Waals surface area contributed by atoms with E-state index in [1.54, 1.807) is 0 Å². The molecule has 0 aromatic rings. The van der Waals surface area contributed by atoms with Crippen molar-refractivity contribution in [3.8, 4) is 0 Å². The van der Waals surface area contributed by atoms with Gasteiger partial charge in [0, 0.05) is 11.1 Å². The second-order valence-corrected chi connectivity index (χ2v) is 4.61. The lowest BCUT2D eigenvalue weighted by atomic mass is 9.87. The Labute approximate surface area is 109 Å². The molecule has 1 unspecified atom stereocenters. The third-order valence-corrected chi connectivity index (χ3v) is 3.06. The number of carbonyl (C=O) groups excluding carboxylic acids is 2. The smallest absolute Gasteiger partial charge is 0.244 e. The lowest BCUT2D eigenvalue weighted by Gasteiger charge is -2.17. The van der Waals surface area contributed by atoms with Crippen LogP contribution in [0, 0.1) is 5.92 Å². The SMILES string of the molecule is C=C(CC(CCCCCC)C(=C)C(N)=O)C(N)=O. The van der Waals surface area contributed by atoms with Crippen LogP contribution in [0.1, 0.15) is 45.4 Å². The van der Waals surface area contributed by atoms with E-state index in [1.165, 1.54) is 0 Å². The molecular weight excluding hydrogens is 228 g/mol. The highest BCUT2D eigenvalue weighted by Gasteiger charge is 2.19. The molecule has 0 saturated heterocycles. The number of hydrogen-bond acceptors (Lipinski definition) is 2. The van der Waals surface area contributed by atoms with E-state index in [-0.39, 0.29) is 5.92 Å². The van der Waals surface area contributed by atoms with Crippen LogP contribution in [-0.4, -0.2) is 11.8 Å². The van der Waals surface area contributed by atoms with Crippen molar-refractivity contribution in [2.24, 2.45) is 17.4 Å². The molecule has 0 aliphatic heterocycles. The van der Waals surface area contributed by atoms with Crippen LogP contribution in [-0.2, 0) is 9.59 Å². The fourth-order valence-corrected chi connectivity index (χ4v) is 1.82. The third-order valence-electron chi connectivity index (χ3n) is 3.06. The van der Waals surface area contributed by atoms with Crippen LogP contribution in [0.15, 0.2) is 24.3 Å². The van der Waals surface area contributed by atoms with Crippen LogP contribution in [0.4, 0.5) is 0 Å². The van der Waals surface area contributed by atoms with Gasteiger partial charge < -0.3 is 11.5 Å². The zero-order valence-corrected chi connectivity index (χ0v) is 11.2. The summed E-state index contributed by atoms with van der Waals surface area (Å²) >= 11 is 0. The normalized spacial score (nSPS) is 11.8.